The van der Waals surface area contributed by atoms with E-state index in [1.807, 2.05) is 17.0 Å². The third-order valence-corrected chi connectivity index (χ3v) is 2.61. The second-order valence-electron chi connectivity index (χ2n) is 4.13. The molecule has 92 valence electrons. The van der Waals surface area contributed by atoms with Gasteiger partial charge in [-0.15, -0.1) is 0 Å². The van der Waals surface area contributed by atoms with E-state index < -0.39 is 6.03 Å². The summed E-state index contributed by atoms with van der Waals surface area (Å²) in [6, 6.07) is 3.26. The van der Waals surface area contributed by atoms with Gasteiger partial charge in [-0.2, -0.15) is 0 Å². The summed E-state index contributed by atoms with van der Waals surface area (Å²) >= 11 is 0. The molecule has 0 atom stereocenters. The number of carbonyl (C=O) groups is 2. The second-order valence-corrected chi connectivity index (χ2v) is 4.13. The minimum absolute atomic E-state index is 0.161. The Bertz CT molecular complexity index is 398. The molecule has 6 heteroatoms. The summed E-state index contributed by atoms with van der Waals surface area (Å²) < 4.78 is 5.24. The number of amides is 3. The first-order valence-corrected chi connectivity index (χ1v) is 5.51. The molecule has 1 heterocycles. The van der Waals surface area contributed by atoms with E-state index in [9.17, 15) is 9.59 Å². The van der Waals surface area contributed by atoms with Crippen LogP contribution < -0.4 is 11.1 Å². The molecule has 0 spiro atoms. The number of primary amides is 1. The molecular weight excluding hydrogens is 222 g/mol. The summed E-state index contributed by atoms with van der Waals surface area (Å²) in [5, 5.41) is 2.06. The second kappa shape index (κ2) is 5.01. The average Bonchev–Trinajstić information content (AvgIpc) is 2.96. The number of nitrogens with one attached hydrogen (secondary N) is 1. The van der Waals surface area contributed by atoms with Gasteiger partial charge in [0.1, 0.15) is 5.76 Å². The van der Waals surface area contributed by atoms with Crippen LogP contribution in [0.4, 0.5) is 4.79 Å². The van der Waals surface area contributed by atoms with Gasteiger partial charge in [0.2, 0.25) is 5.91 Å². The Morgan fingerprint density at radius 1 is 1.53 bits per heavy atom. The van der Waals surface area contributed by atoms with Crippen molar-refractivity contribution >= 4 is 11.9 Å². The fourth-order valence-corrected chi connectivity index (χ4v) is 1.72. The molecule has 1 aromatic rings. The first-order valence-electron chi connectivity index (χ1n) is 5.51. The molecule has 3 amide bonds. The molecule has 1 aliphatic carbocycles. The number of urea groups is 1. The molecule has 1 aliphatic rings. The zero-order valence-electron chi connectivity index (χ0n) is 9.39. The Morgan fingerprint density at radius 3 is 2.82 bits per heavy atom. The summed E-state index contributed by atoms with van der Waals surface area (Å²) in [7, 11) is 0. The van der Waals surface area contributed by atoms with Gasteiger partial charge in [-0.3, -0.25) is 15.0 Å². The van der Waals surface area contributed by atoms with E-state index in [2.05, 4.69) is 5.32 Å². The van der Waals surface area contributed by atoms with Crippen LogP contribution in [0.25, 0.3) is 0 Å². The van der Waals surface area contributed by atoms with Gasteiger partial charge in [-0.05, 0) is 25.0 Å². The number of hydrogen-bond acceptors (Lipinski definition) is 4. The fraction of sp³-hybridized carbons (Fsp3) is 0.455. The Labute approximate surface area is 98.7 Å². The highest BCUT2D eigenvalue weighted by atomic mass is 16.3. The van der Waals surface area contributed by atoms with Crippen molar-refractivity contribution in [2.45, 2.75) is 25.4 Å². The van der Waals surface area contributed by atoms with Crippen LogP contribution in [0.2, 0.25) is 0 Å². The van der Waals surface area contributed by atoms with E-state index in [1.54, 1.807) is 6.26 Å². The minimum atomic E-state index is -0.816. The Hall–Kier alpha value is -1.82. The summed E-state index contributed by atoms with van der Waals surface area (Å²) in [5.74, 6) is 0.430. The highest BCUT2D eigenvalue weighted by Crippen LogP contribution is 2.28. The molecule has 2 rings (SSSR count). The summed E-state index contributed by atoms with van der Waals surface area (Å²) in [6.45, 7) is 0.734. The normalized spacial score (nSPS) is 14.9. The number of carbonyl (C=O) groups excluding carboxylic acids is 2. The summed E-state index contributed by atoms with van der Waals surface area (Å²) in [6.07, 6.45) is 3.75. The highest BCUT2D eigenvalue weighted by Gasteiger charge is 2.30. The zero-order chi connectivity index (χ0) is 12.3. The van der Waals surface area contributed by atoms with Gasteiger partial charge < -0.3 is 10.2 Å². The van der Waals surface area contributed by atoms with Gasteiger partial charge in [0.05, 0.1) is 19.4 Å². The lowest BCUT2D eigenvalue weighted by Gasteiger charge is -2.19. The van der Waals surface area contributed by atoms with Crippen LogP contribution >= 0.6 is 0 Å². The highest BCUT2D eigenvalue weighted by molar-refractivity contribution is 5.94. The first kappa shape index (κ1) is 11.7. The van der Waals surface area contributed by atoms with Crippen LogP contribution in [-0.4, -0.2) is 29.4 Å². The van der Waals surface area contributed by atoms with Crippen LogP contribution in [0.1, 0.15) is 18.6 Å². The van der Waals surface area contributed by atoms with Gasteiger partial charge in [-0.25, -0.2) is 4.79 Å². The predicted octanol–water partition coefficient (Wildman–Crippen LogP) is 0.439. The third kappa shape index (κ3) is 3.60. The molecule has 0 saturated heterocycles. The van der Waals surface area contributed by atoms with Crippen molar-refractivity contribution in [2.24, 2.45) is 5.73 Å². The molecule has 1 aromatic heterocycles. The molecule has 0 bridgehead atoms. The molecule has 0 radical (unpaired) electrons. The van der Waals surface area contributed by atoms with E-state index in [-0.39, 0.29) is 12.5 Å². The van der Waals surface area contributed by atoms with Gasteiger partial charge in [0.25, 0.3) is 0 Å². The van der Waals surface area contributed by atoms with Crippen molar-refractivity contribution in [3.63, 3.8) is 0 Å². The maximum Gasteiger partial charge on any atom is 0.318 e. The van der Waals surface area contributed by atoms with Crippen molar-refractivity contribution < 1.29 is 14.0 Å². The Kier molecular flexibility index (Phi) is 3.43. The molecule has 1 fully saturated rings. The summed E-state index contributed by atoms with van der Waals surface area (Å²) in [5.41, 5.74) is 4.89. The lowest BCUT2D eigenvalue weighted by atomic mass is 10.3. The Balaban J connectivity index is 1.89. The van der Waals surface area contributed by atoms with Crippen LogP contribution in [-0.2, 0) is 11.3 Å². The SMILES string of the molecule is NC(=O)NC(=O)CN(Cc1ccco1)C1CC1. The topological polar surface area (TPSA) is 88.6 Å². The maximum absolute atomic E-state index is 11.4. The van der Waals surface area contributed by atoms with Gasteiger partial charge in [-0.1, -0.05) is 0 Å². The fourth-order valence-electron chi connectivity index (χ4n) is 1.72. The maximum atomic E-state index is 11.4. The van der Waals surface area contributed by atoms with E-state index >= 15 is 0 Å². The van der Waals surface area contributed by atoms with Crippen LogP contribution in [0.5, 0.6) is 0 Å². The number of furan rings is 1. The largest absolute Gasteiger partial charge is 0.468 e. The van der Waals surface area contributed by atoms with Crippen LogP contribution in [0.3, 0.4) is 0 Å². The van der Waals surface area contributed by atoms with Crippen molar-refractivity contribution in [1.82, 2.24) is 10.2 Å². The lowest BCUT2D eigenvalue weighted by Crippen LogP contribution is -2.42. The lowest BCUT2D eigenvalue weighted by molar-refractivity contribution is -0.121. The monoisotopic (exact) mass is 237 g/mol. The van der Waals surface area contributed by atoms with E-state index in [1.165, 1.54) is 0 Å². The van der Waals surface area contributed by atoms with Gasteiger partial charge >= 0.3 is 6.03 Å². The molecule has 17 heavy (non-hydrogen) atoms. The smallest absolute Gasteiger partial charge is 0.318 e. The first-order chi connectivity index (χ1) is 8.15. The number of nitrogens with two attached hydrogens (primary N) is 1. The van der Waals surface area contributed by atoms with E-state index in [0.717, 1.165) is 18.6 Å². The van der Waals surface area contributed by atoms with Crippen molar-refractivity contribution in [3.05, 3.63) is 24.2 Å². The Morgan fingerprint density at radius 2 is 2.29 bits per heavy atom. The van der Waals surface area contributed by atoms with Gasteiger partial charge in [0, 0.05) is 6.04 Å². The molecule has 0 aliphatic heterocycles. The van der Waals surface area contributed by atoms with Crippen molar-refractivity contribution in [1.29, 1.82) is 0 Å². The number of hydrogen-bond donors (Lipinski definition) is 2. The van der Waals surface area contributed by atoms with Crippen molar-refractivity contribution in [3.8, 4) is 0 Å². The molecule has 0 unspecified atom stereocenters. The number of rotatable bonds is 5. The number of imide groups is 1. The average molecular weight is 237 g/mol. The van der Waals surface area contributed by atoms with Crippen LogP contribution in [0, 0.1) is 0 Å². The van der Waals surface area contributed by atoms with Gasteiger partial charge in [0.15, 0.2) is 0 Å². The standard InChI is InChI=1S/C11H15N3O3/c12-11(16)13-10(15)7-14(8-3-4-8)6-9-2-1-5-17-9/h1-2,5,8H,3-4,6-7H2,(H3,12,13,15,16). The minimum Gasteiger partial charge on any atom is -0.468 e. The molecule has 6 nitrogen and oxygen atoms in total. The summed E-state index contributed by atoms with van der Waals surface area (Å²) in [4.78, 5) is 24.0. The van der Waals surface area contributed by atoms with E-state index in [4.69, 9.17) is 10.2 Å². The molecule has 1 saturated carbocycles. The molecule has 0 aromatic carbocycles. The molecule has 3 N–H and O–H groups in total. The quantitative estimate of drug-likeness (QED) is 0.777. The van der Waals surface area contributed by atoms with E-state index in [0.29, 0.717) is 12.6 Å². The molecular formula is C11H15N3O3. The van der Waals surface area contributed by atoms with Crippen molar-refractivity contribution in [2.75, 3.05) is 6.54 Å². The number of nitrogens with zero attached hydrogens (tertiary/aromatic N) is 1. The zero-order valence-corrected chi connectivity index (χ0v) is 9.39. The van der Waals surface area contributed by atoms with Crippen LogP contribution in [0.15, 0.2) is 22.8 Å². The third-order valence-electron chi connectivity index (χ3n) is 2.61. The predicted molar refractivity (Wildman–Crippen MR) is 59.9 cm³/mol.